The molecule has 1 fully saturated rings. The fourth-order valence-corrected chi connectivity index (χ4v) is 8.15. The predicted molar refractivity (Wildman–Crippen MR) is 140 cm³/mol. The van der Waals surface area contributed by atoms with Gasteiger partial charge in [-0.1, -0.05) is 15.9 Å². The van der Waals surface area contributed by atoms with Crippen molar-refractivity contribution in [2.75, 3.05) is 10.5 Å². The monoisotopic (exact) mass is 605 g/mol. The van der Waals surface area contributed by atoms with Crippen LogP contribution in [-0.2, 0) is 10.0 Å². The maximum absolute atomic E-state index is 13.7. The van der Waals surface area contributed by atoms with Gasteiger partial charge in [-0.15, -0.1) is 23.1 Å². The van der Waals surface area contributed by atoms with E-state index < -0.39 is 21.6 Å². The molecule has 190 valence electrons. The smallest absolute Gasteiger partial charge is 0.261 e. The lowest BCUT2D eigenvalue weighted by Crippen LogP contribution is -2.20. The molecule has 0 bridgehead atoms. The van der Waals surface area contributed by atoms with E-state index in [1.165, 1.54) is 39.8 Å². The van der Waals surface area contributed by atoms with E-state index in [-0.39, 0.29) is 29.5 Å². The van der Waals surface area contributed by atoms with E-state index in [0.717, 1.165) is 26.4 Å². The molecule has 0 aromatic heterocycles. The number of hydrogen-bond acceptors (Lipinski definition) is 6. The third kappa shape index (κ3) is 6.08. The fraction of sp³-hybridized carbons (Fsp3) is 0.478. The Bertz CT molecular complexity index is 1330. The van der Waals surface area contributed by atoms with Crippen LogP contribution in [0, 0.1) is 19.8 Å². The second kappa shape index (κ2) is 10.5. The van der Waals surface area contributed by atoms with Crippen molar-refractivity contribution in [3.63, 3.8) is 0 Å². The largest absolute Gasteiger partial charge is 0.354 e. The number of alkyl halides is 2. The van der Waals surface area contributed by atoms with Gasteiger partial charge in [0.2, 0.25) is 5.92 Å². The number of aryl methyl sites for hydroxylation is 1. The SMILES string of the molecule is Cc1sc(SCC2CCCC(F)(F)CCC2)c2c(NS(=O)(=O)c3ccc(Br)cc3)nc(=O)n-2c1C. The number of nitrogens with one attached hydrogen (secondary N) is 1. The third-order valence-corrected chi connectivity index (χ3v) is 10.8. The van der Waals surface area contributed by atoms with Crippen molar-refractivity contribution in [3.8, 4) is 5.69 Å². The van der Waals surface area contributed by atoms with Crippen LogP contribution in [0.1, 0.15) is 49.1 Å². The van der Waals surface area contributed by atoms with Crippen molar-refractivity contribution >= 4 is 54.9 Å². The number of benzene rings is 1. The summed E-state index contributed by atoms with van der Waals surface area (Å²) in [5.74, 6) is -1.58. The zero-order chi connectivity index (χ0) is 25.4. The van der Waals surface area contributed by atoms with Crippen LogP contribution in [0.4, 0.5) is 14.6 Å². The van der Waals surface area contributed by atoms with Crippen LogP contribution in [0.25, 0.3) is 5.69 Å². The summed E-state index contributed by atoms with van der Waals surface area (Å²) in [5, 5.41) is 0. The first-order chi connectivity index (χ1) is 16.5. The van der Waals surface area contributed by atoms with Crippen LogP contribution in [0.5, 0.6) is 0 Å². The van der Waals surface area contributed by atoms with E-state index in [2.05, 4.69) is 25.6 Å². The highest BCUT2D eigenvalue weighted by molar-refractivity contribution is 9.10. The van der Waals surface area contributed by atoms with Gasteiger partial charge in [-0.25, -0.2) is 22.0 Å². The van der Waals surface area contributed by atoms with Crippen molar-refractivity contribution in [1.29, 1.82) is 0 Å². The topological polar surface area (TPSA) is 81.1 Å². The van der Waals surface area contributed by atoms with E-state index in [1.807, 2.05) is 6.92 Å². The Balaban J connectivity index is 1.63. The fourth-order valence-electron chi connectivity index (χ4n) is 4.22. The first kappa shape index (κ1) is 26.6. The Morgan fingerprint density at radius 2 is 1.83 bits per heavy atom. The lowest BCUT2D eigenvalue weighted by atomic mass is 9.91. The van der Waals surface area contributed by atoms with Gasteiger partial charge in [0.1, 0.15) is 5.69 Å². The Morgan fingerprint density at radius 3 is 2.46 bits per heavy atom. The molecule has 1 N–H and O–H groups in total. The van der Waals surface area contributed by atoms with Crippen molar-refractivity contribution in [1.82, 2.24) is 9.55 Å². The molecule has 3 aliphatic rings. The summed E-state index contributed by atoms with van der Waals surface area (Å²) in [4.78, 5) is 17.8. The molecule has 0 atom stereocenters. The number of rotatable bonds is 6. The second-order valence-corrected chi connectivity index (χ2v) is 13.9. The van der Waals surface area contributed by atoms with Gasteiger partial charge < -0.3 is 0 Å². The van der Waals surface area contributed by atoms with Gasteiger partial charge in [0.05, 0.1) is 9.10 Å². The van der Waals surface area contributed by atoms with Gasteiger partial charge in [-0.2, -0.15) is 4.98 Å². The lowest BCUT2D eigenvalue weighted by molar-refractivity contribution is -0.0264. The lowest BCUT2D eigenvalue weighted by Gasteiger charge is -2.24. The molecule has 0 amide bonds. The van der Waals surface area contributed by atoms with Crippen LogP contribution < -0.4 is 10.4 Å². The molecule has 2 heterocycles. The highest BCUT2D eigenvalue weighted by Crippen LogP contribution is 2.41. The van der Waals surface area contributed by atoms with Crippen LogP contribution in [0.3, 0.4) is 0 Å². The number of hydrogen-bond donors (Lipinski definition) is 1. The molecular formula is C23H26BrF2N3O3S3. The summed E-state index contributed by atoms with van der Waals surface area (Å²) in [6.07, 6.45) is 2.27. The van der Waals surface area contributed by atoms with E-state index in [1.54, 1.807) is 19.1 Å². The number of imidazole rings is 1. The van der Waals surface area contributed by atoms with Gasteiger partial charge >= 0.3 is 5.69 Å². The summed E-state index contributed by atoms with van der Waals surface area (Å²) >= 11 is 6.31. The van der Waals surface area contributed by atoms with Crippen LogP contribution >= 0.6 is 39.0 Å². The predicted octanol–water partition coefficient (Wildman–Crippen LogP) is 6.61. The Morgan fingerprint density at radius 1 is 1.20 bits per heavy atom. The molecule has 4 rings (SSSR count). The average Bonchev–Trinajstić information content (AvgIpc) is 3.08. The summed E-state index contributed by atoms with van der Waals surface area (Å²) in [6, 6.07) is 6.18. The highest BCUT2D eigenvalue weighted by Gasteiger charge is 2.31. The number of halogens is 3. The Kier molecular flexibility index (Phi) is 7.94. The van der Waals surface area contributed by atoms with Gasteiger partial charge in [0.15, 0.2) is 5.82 Å². The molecule has 0 spiro atoms. The number of thioether (sulfide) groups is 1. The molecule has 0 saturated heterocycles. The van der Waals surface area contributed by atoms with Crippen molar-refractivity contribution < 1.29 is 17.2 Å². The zero-order valence-corrected chi connectivity index (χ0v) is 23.3. The third-order valence-electron chi connectivity index (χ3n) is 6.25. The van der Waals surface area contributed by atoms with Gasteiger partial charge in [-0.3, -0.25) is 9.29 Å². The number of anilines is 1. The molecule has 35 heavy (non-hydrogen) atoms. The summed E-state index contributed by atoms with van der Waals surface area (Å²) < 4.78 is 58.9. The Hall–Kier alpha value is -1.50. The van der Waals surface area contributed by atoms with Gasteiger partial charge in [0.25, 0.3) is 10.0 Å². The molecule has 0 unspecified atom stereocenters. The number of sulfonamides is 1. The first-order valence-corrected chi connectivity index (χ1v) is 15.4. The van der Waals surface area contributed by atoms with Crippen molar-refractivity contribution in [2.45, 2.75) is 67.4 Å². The molecule has 1 aromatic rings. The summed E-state index contributed by atoms with van der Waals surface area (Å²) in [5.41, 5.74) is 0.595. The highest BCUT2D eigenvalue weighted by atomic mass is 79.9. The second-order valence-electron chi connectivity index (χ2n) is 8.83. The quantitative estimate of drug-likeness (QED) is 0.320. The van der Waals surface area contributed by atoms with Crippen molar-refractivity contribution in [3.05, 3.63) is 49.8 Å². The maximum atomic E-state index is 13.7. The van der Waals surface area contributed by atoms with E-state index >= 15 is 0 Å². The minimum absolute atomic E-state index is 0.00271. The maximum Gasteiger partial charge on any atom is 0.354 e. The van der Waals surface area contributed by atoms with Crippen LogP contribution in [-0.4, -0.2) is 29.6 Å². The molecule has 0 radical (unpaired) electrons. The standard InChI is InChI=1S/C23H26BrF2N3O3S3/c1-14-15(2)34-21(33-13-16-5-3-11-23(25,26)12-4-6-16)19-20(27-22(30)29(14)19)28-35(31,32)18-9-7-17(24)8-10-18/h7-10,16H,3-6,11-13H2,1-2H3,(H,27,28,30). The molecule has 12 heteroatoms. The van der Waals surface area contributed by atoms with Crippen molar-refractivity contribution in [2.24, 2.45) is 5.92 Å². The first-order valence-electron chi connectivity index (χ1n) is 11.3. The number of nitrogens with zero attached hydrogens (tertiary/aromatic N) is 2. The molecule has 2 aliphatic heterocycles. The van der Waals surface area contributed by atoms with E-state index in [4.69, 9.17) is 0 Å². The van der Waals surface area contributed by atoms with E-state index in [0.29, 0.717) is 30.0 Å². The van der Waals surface area contributed by atoms with Gasteiger partial charge in [0, 0.05) is 33.6 Å². The molecule has 1 aromatic carbocycles. The number of fused-ring (bicyclic) bond motifs is 1. The number of aromatic nitrogens is 2. The van der Waals surface area contributed by atoms with Crippen LogP contribution in [0.15, 0.2) is 42.6 Å². The minimum atomic E-state index is -3.96. The van der Waals surface area contributed by atoms with E-state index in [9.17, 15) is 22.0 Å². The van der Waals surface area contributed by atoms with Crippen LogP contribution in [0.2, 0.25) is 0 Å². The minimum Gasteiger partial charge on any atom is -0.261 e. The summed E-state index contributed by atoms with van der Waals surface area (Å²) in [6.45, 7) is 3.71. The zero-order valence-electron chi connectivity index (χ0n) is 19.3. The average molecular weight is 607 g/mol. The Labute approximate surface area is 220 Å². The molecule has 6 nitrogen and oxygen atoms in total. The normalized spacial score (nSPS) is 17.3. The van der Waals surface area contributed by atoms with Gasteiger partial charge in [-0.05, 0) is 69.7 Å². The molecule has 1 saturated carbocycles. The molecular weight excluding hydrogens is 580 g/mol. The molecule has 1 aliphatic carbocycles. The summed E-state index contributed by atoms with van der Waals surface area (Å²) in [7, 11) is -3.96.